The molecule has 140 valence electrons. The van der Waals surface area contributed by atoms with Crippen LogP contribution in [-0.2, 0) is 9.53 Å². The molecule has 1 saturated heterocycles. The molecule has 1 heterocycles. The van der Waals surface area contributed by atoms with E-state index in [0.717, 1.165) is 6.42 Å². The van der Waals surface area contributed by atoms with Crippen LogP contribution in [0.5, 0.6) is 0 Å². The molecule has 1 aliphatic heterocycles. The van der Waals surface area contributed by atoms with Crippen molar-refractivity contribution in [3.05, 3.63) is 47.0 Å². The third-order valence-corrected chi connectivity index (χ3v) is 4.60. The van der Waals surface area contributed by atoms with Crippen LogP contribution in [0.25, 0.3) is 0 Å². The molecule has 0 radical (unpaired) electrons. The highest BCUT2D eigenvalue weighted by Crippen LogP contribution is 2.27. The number of carbonyl (C=O) groups is 2. The van der Waals surface area contributed by atoms with Crippen LogP contribution in [0, 0.1) is 22.0 Å². The van der Waals surface area contributed by atoms with Crippen LogP contribution in [0.3, 0.4) is 0 Å². The number of rotatable bonds is 6. The van der Waals surface area contributed by atoms with Crippen LogP contribution in [0.1, 0.15) is 19.8 Å². The van der Waals surface area contributed by atoms with E-state index in [4.69, 9.17) is 4.74 Å². The molecule has 0 aromatic heterocycles. The molecule has 1 aliphatic rings. The van der Waals surface area contributed by atoms with E-state index >= 15 is 0 Å². The largest absolute Gasteiger partial charge is 0.449 e. The number of hydrogen-bond acceptors (Lipinski definition) is 5. The highest BCUT2D eigenvalue weighted by molar-refractivity contribution is 5.84. The summed E-state index contributed by atoms with van der Waals surface area (Å²) >= 11 is 0. The smallest absolute Gasteiger partial charge is 0.411 e. The fourth-order valence-electron chi connectivity index (χ4n) is 3.07. The molecule has 0 spiro atoms. The number of nitro benzene ring substituents is 1. The van der Waals surface area contributed by atoms with Crippen molar-refractivity contribution in [3.8, 4) is 0 Å². The number of amides is 2. The lowest BCUT2D eigenvalue weighted by Gasteiger charge is -2.36. The maximum atomic E-state index is 11.8. The van der Waals surface area contributed by atoms with Crippen LogP contribution in [-0.4, -0.2) is 41.5 Å². The summed E-state index contributed by atoms with van der Waals surface area (Å²) in [4.78, 5) is 35.2. The van der Waals surface area contributed by atoms with E-state index in [1.807, 2.05) is 11.0 Å². The van der Waals surface area contributed by atoms with E-state index in [1.165, 1.54) is 24.3 Å². The van der Waals surface area contributed by atoms with Gasteiger partial charge in [-0.25, -0.2) is 4.79 Å². The maximum Gasteiger partial charge on any atom is 0.411 e. The molecule has 2 rings (SSSR count). The van der Waals surface area contributed by atoms with Gasteiger partial charge in [-0.3, -0.25) is 20.2 Å². The lowest BCUT2D eigenvalue weighted by Crippen LogP contribution is -2.42. The summed E-state index contributed by atoms with van der Waals surface area (Å²) in [6.45, 7) is 7.02. The predicted molar refractivity (Wildman–Crippen MR) is 96.7 cm³/mol. The highest BCUT2D eigenvalue weighted by Gasteiger charge is 2.28. The van der Waals surface area contributed by atoms with Gasteiger partial charge < -0.3 is 9.64 Å². The summed E-state index contributed by atoms with van der Waals surface area (Å²) in [6.07, 6.45) is 2.80. The standard InChI is InChI=1S/C18H23N3O5/c1-3-14-12-20(13(2)22)10-8-15(14)9-11-26-18(23)19-16-4-6-17(7-5-16)21(24)25/h3-7,14-15H,1,8-12H2,2H3,(H,19,23). The predicted octanol–water partition coefficient (Wildman–Crippen LogP) is 3.20. The number of non-ortho nitro benzene ring substituents is 1. The van der Waals surface area contributed by atoms with Gasteiger partial charge >= 0.3 is 6.09 Å². The zero-order valence-electron chi connectivity index (χ0n) is 14.7. The second-order valence-electron chi connectivity index (χ2n) is 6.27. The monoisotopic (exact) mass is 361 g/mol. The molecule has 26 heavy (non-hydrogen) atoms. The first-order chi connectivity index (χ1) is 12.4. The average molecular weight is 361 g/mol. The summed E-state index contributed by atoms with van der Waals surface area (Å²) in [6, 6.07) is 5.52. The van der Waals surface area contributed by atoms with Gasteiger partial charge in [0.1, 0.15) is 0 Å². The van der Waals surface area contributed by atoms with Gasteiger partial charge in [0.2, 0.25) is 5.91 Å². The molecule has 8 nitrogen and oxygen atoms in total. The van der Waals surface area contributed by atoms with Crippen LogP contribution >= 0.6 is 0 Å². The quantitative estimate of drug-likeness (QED) is 0.476. The Morgan fingerprint density at radius 3 is 2.69 bits per heavy atom. The molecule has 1 fully saturated rings. The second-order valence-corrected chi connectivity index (χ2v) is 6.27. The first-order valence-corrected chi connectivity index (χ1v) is 8.47. The van der Waals surface area contributed by atoms with Gasteiger partial charge in [-0.2, -0.15) is 0 Å². The second kappa shape index (κ2) is 8.98. The van der Waals surface area contributed by atoms with Crippen molar-refractivity contribution in [1.82, 2.24) is 4.90 Å². The van der Waals surface area contributed by atoms with E-state index in [-0.39, 0.29) is 24.1 Å². The Morgan fingerprint density at radius 1 is 1.42 bits per heavy atom. The summed E-state index contributed by atoms with van der Waals surface area (Å²) in [5, 5.41) is 13.1. The third kappa shape index (κ3) is 5.30. The Labute approximate surface area is 152 Å². The number of likely N-dealkylation sites (tertiary alicyclic amines) is 1. The van der Waals surface area contributed by atoms with Crippen LogP contribution < -0.4 is 5.32 Å². The molecule has 2 atom stereocenters. The topological polar surface area (TPSA) is 102 Å². The Hall–Kier alpha value is -2.90. The van der Waals surface area contributed by atoms with E-state index < -0.39 is 11.0 Å². The Bertz CT molecular complexity index is 674. The van der Waals surface area contributed by atoms with E-state index in [9.17, 15) is 19.7 Å². The van der Waals surface area contributed by atoms with Crippen molar-refractivity contribution in [2.75, 3.05) is 25.0 Å². The molecule has 0 aliphatic carbocycles. The molecule has 2 amide bonds. The molecule has 0 saturated carbocycles. The highest BCUT2D eigenvalue weighted by atomic mass is 16.6. The van der Waals surface area contributed by atoms with Crippen LogP contribution in [0.2, 0.25) is 0 Å². The summed E-state index contributed by atoms with van der Waals surface area (Å²) in [5.41, 5.74) is 0.385. The minimum absolute atomic E-state index is 0.0451. The van der Waals surface area contributed by atoms with Crippen molar-refractivity contribution in [3.63, 3.8) is 0 Å². The molecule has 0 bridgehead atoms. The molecule has 8 heteroatoms. The summed E-state index contributed by atoms with van der Waals surface area (Å²) in [7, 11) is 0. The van der Waals surface area contributed by atoms with Crippen molar-refractivity contribution < 1.29 is 19.2 Å². The first-order valence-electron chi connectivity index (χ1n) is 8.47. The maximum absolute atomic E-state index is 11.8. The van der Waals surface area contributed by atoms with E-state index in [0.29, 0.717) is 31.1 Å². The van der Waals surface area contributed by atoms with Gasteiger partial charge in [-0.15, -0.1) is 6.58 Å². The number of nitro groups is 1. The SMILES string of the molecule is C=CC1CN(C(C)=O)CCC1CCOC(=O)Nc1ccc([N+](=O)[O-])cc1. The molecule has 1 aromatic carbocycles. The van der Waals surface area contributed by atoms with Crippen molar-refractivity contribution in [2.45, 2.75) is 19.8 Å². The van der Waals surface area contributed by atoms with E-state index in [2.05, 4.69) is 11.9 Å². The van der Waals surface area contributed by atoms with Crippen molar-refractivity contribution >= 4 is 23.4 Å². The van der Waals surface area contributed by atoms with E-state index in [1.54, 1.807) is 6.92 Å². The first kappa shape index (κ1) is 19.4. The van der Waals surface area contributed by atoms with Crippen molar-refractivity contribution in [2.24, 2.45) is 11.8 Å². The Kier molecular flexibility index (Phi) is 6.71. The molecule has 2 unspecified atom stereocenters. The lowest BCUT2D eigenvalue weighted by molar-refractivity contribution is -0.384. The number of piperidine rings is 1. The Balaban J connectivity index is 1.76. The third-order valence-electron chi connectivity index (χ3n) is 4.60. The fourth-order valence-corrected chi connectivity index (χ4v) is 3.07. The number of anilines is 1. The summed E-state index contributed by atoms with van der Waals surface area (Å²) < 4.78 is 5.19. The number of benzene rings is 1. The van der Waals surface area contributed by atoms with Crippen LogP contribution in [0.4, 0.5) is 16.2 Å². The number of hydrogen-bond donors (Lipinski definition) is 1. The number of nitrogens with one attached hydrogen (secondary N) is 1. The minimum Gasteiger partial charge on any atom is -0.449 e. The van der Waals surface area contributed by atoms with Gasteiger partial charge in [0, 0.05) is 37.8 Å². The molecular weight excluding hydrogens is 338 g/mol. The van der Waals surface area contributed by atoms with Gasteiger partial charge in [0.15, 0.2) is 0 Å². The number of ether oxygens (including phenoxy) is 1. The minimum atomic E-state index is -0.602. The summed E-state index contributed by atoms with van der Waals surface area (Å²) in [5.74, 6) is 0.568. The average Bonchev–Trinajstić information content (AvgIpc) is 2.62. The van der Waals surface area contributed by atoms with Gasteiger partial charge in [-0.1, -0.05) is 6.08 Å². The zero-order valence-corrected chi connectivity index (χ0v) is 14.7. The molecular formula is C18H23N3O5. The van der Waals surface area contributed by atoms with Crippen molar-refractivity contribution in [1.29, 1.82) is 0 Å². The van der Waals surface area contributed by atoms with Gasteiger partial charge in [0.05, 0.1) is 11.5 Å². The number of nitrogens with zero attached hydrogens (tertiary/aromatic N) is 2. The lowest BCUT2D eigenvalue weighted by atomic mass is 9.83. The van der Waals surface area contributed by atoms with Gasteiger partial charge in [-0.05, 0) is 36.8 Å². The number of carbonyl (C=O) groups excluding carboxylic acids is 2. The Morgan fingerprint density at radius 2 is 2.12 bits per heavy atom. The van der Waals surface area contributed by atoms with Crippen LogP contribution in [0.15, 0.2) is 36.9 Å². The molecule has 1 aromatic rings. The normalized spacial score (nSPS) is 19.5. The molecule has 1 N–H and O–H groups in total. The van der Waals surface area contributed by atoms with Gasteiger partial charge in [0.25, 0.3) is 5.69 Å². The zero-order chi connectivity index (χ0) is 19.1. The fraction of sp³-hybridized carbons (Fsp3) is 0.444.